The van der Waals surface area contributed by atoms with E-state index >= 15 is 0 Å². The van der Waals surface area contributed by atoms with Crippen molar-refractivity contribution in [2.24, 2.45) is 0 Å². The van der Waals surface area contributed by atoms with Crippen LogP contribution >= 0.6 is 0 Å². The second-order valence-electron chi connectivity index (χ2n) is 4.09. The zero-order valence-electron chi connectivity index (χ0n) is 10.2. The Bertz CT molecular complexity index is 403. The van der Waals surface area contributed by atoms with Crippen molar-refractivity contribution < 1.29 is 9.13 Å². The standard InChI is InChI=1S/C13H17FN2O/c1-3-8-16-13(2,9-15)10-17-12-7-5-4-6-11(12)14/h4-7,16H,3,8,10H2,1-2H3. The number of nitriles is 1. The SMILES string of the molecule is CCCNC(C)(C#N)COc1ccccc1F. The Kier molecular flexibility index (Phi) is 4.92. The lowest BCUT2D eigenvalue weighted by molar-refractivity contribution is 0.226. The third-order valence-electron chi connectivity index (χ3n) is 2.36. The zero-order valence-corrected chi connectivity index (χ0v) is 10.2. The summed E-state index contributed by atoms with van der Waals surface area (Å²) in [5.74, 6) is -0.240. The maximum absolute atomic E-state index is 13.3. The number of nitrogens with zero attached hydrogens (tertiary/aromatic N) is 1. The van der Waals surface area contributed by atoms with E-state index in [0.29, 0.717) is 0 Å². The van der Waals surface area contributed by atoms with Crippen LogP contribution in [-0.4, -0.2) is 18.7 Å². The molecule has 17 heavy (non-hydrogen) atoms. The summed E-state index contributed by atoms with van der Waals surface area (Å²) in [5, 5.41) is 12.1. The van der Waals surface area contributed by atoms with E-state index in [2.05, 4.69) is 11.4 Å². The highest BCUT2D eigenvalue weighted by Crippen LogP contribution is 2.17. The molecular formula is C13H17FN2O. The minimum atomic E-state index is -0.793. The monoisotopic (exact) mass is 236 g/mol. The maximum Gasteiger partial charge on any atom is 0.165 e. The molecule has 1 atom stereocenters. The number of hydrogen-bond acceptors (Lipinski definition) is 3. The van der Waals surface area contributed by atoms with E-state index in [-0.39, 0.29) is 12.4 Å². The van der Waals surface area contributed by atoms with E-state index in [4.69, 9.17) is 10.00 Å². The molecule has 92 valence electrons. The van der Waals surface area contributed by atoms with Crippen LogP contribution in [0.4, 0.5) is 4.39 Å². The number of halogens is 1. The smallest absolute Gasteiger partial charge is 0.165 e. The highest BCUT2D eigenvalue weighted by atomic mass is 19.1. The Morgan fingerprint density at radius 3 is 2.76 bits per heavy atom. The minimum absolute atomic E-state index is 0.116. The molecule has 0 amide bonds. The molecule has 0 heterocycles. The summed E-state index contributed by atoms with van der Waals surface area (Å²) in [6.45, 7) is 4.60. The lowest BCUT2D eigenvalue weighted by atomic mass is 10.1. The summed E-state index contributed by atoms with van der Waals surface area (Å²) >= 11 is 0. The summed E-state index contributed by atoms with van der Waals surface area (Å²) < 4.78 is 18.6. The fraction of sp³-hybridized carbons (Fsp3) is 0.462. The van der Waals surface area contributed by atoms with Crippen molar-refractivity contribution in [1.29, 1.82) is 5.26 Å². The second kappa shape index (κ2) is 6.21. The molecule has 1 unspecified atom stereocenters. The third kappa shape index (κ3) is 4.04. The van der Waals surface area contributed by atoms with E-state index in [1.807, 2.05) is 6.92 Å². The average molecular weight is 236 g/mol. The summed E-state index contributed by atoms with van der Waals surface area (Å²) in [5.41, 5.74) is -0.793. The average Bonchev–Trinajstić information content (AvgIpc) is 2.35. The molecule has 4 heteroatoms. The summed E-state index contributed by atoms with van der Waals surface area (Å²) in [4.78, 5) is 0. The Morgan fingerprint density at radius 2 is 2.18 bits per heavy atom. The number of hydrogen-bond donors (Lipinski definition) is 1. The van der Waals surface area contributed by atoms with E-state index in [1.54, 1.807) is 25.1 Å². The Balaban J connectivity index is 2.59. The zero-order chi connectivity index (χ0) is 12.7. The lowest BCUT2D eigenvalue weighted by Crippen LogP contribution is -2.46. The summed E-state index contributed by atoms with van der Waals surface area (Å²) in [6.07, 6.45) is 0.928. The number of para-hydroxylation sites is 1. The molecular weight excluding hydrogens is 219 g/mol. The fourth-order valence-electron chi connectivity index (χ4n) is 1.31. The largest absolute Gasteiger partial charge is 0.487 e. The molecule has 3 nitrogen and oxygen atoms in total. The molecule has 1 aromatic rings. The van der Waals surface area contributed by atoms with Gasteiger partial charge in [0.05, 0.1) is 6.07 Å². The van der Waals surface area contributed by atoms with Gasteiger partial charge in [0.25, 0.3) is 0 Å². The Morgan fingerprint density at radius 1 is 1.47 bits per heavy atom. The first-order valence-electron chi connectivity index (χ1n) is 5.65. The lowest BCUT2D eigenvalue weighted by Gasteiger charge is -2.23. The second-order valence-corrected chi connectivity index (χ2v) is 4.09. The van der Waals surface area contributed by atoms with E-state index < -0.39 is 11.4 Å². The van der Waals surface area contributed by atoms with Gasteiger partial charge in [-0.1, -0.05) is 19.1 Å². The van der Waals surface area contributed by atoms with Crippen LogP contribution < -0.4 is 10.1 Å². The molecule has 1 N–H and O–H groups in total. The van der Waals surface area contributed by atoms with Gasteiger partial charge in [-0.2, -0.15) is 5.26 Å². The van der Waals surface area contributed by atoms with Crippen molar-refractivity contribution in [3.05, 3.63) is 30.1 Å². The van der Waals surface area contributed by atoms with Gasteiger partial charge in [-0.25, -0.2) is 4.39 Å². The van der Waals surface area contributed by atoms with Gasteiger partial charge in [-0.3, -0.25) is 5.32 Å². The number of nitrogens with one attached hydrogen (secondary N) is 1. The first-order chi connectivity index (χ1) is 8.11. The molecule has 0 saturated carbocycles. The van der Waals surface area contributed by atoms with Crippen LogP contribution in [-0.2, 0) is 0 Å². The van der Waals surface area contributed by atoms with Gasteiger partial charge in [0.15, 0.2) is 11.6 Å². The van der Waals surface area contributed by atoms with Gasteiger partial charge in [-0.15, -0.1) is 0 Å². The van der Waals surface area contributed by atoms with Crippen LogP contribution in [0, 0.1) is 17.1 Å². The number of ether oxygens (including phenoxy) is 1. The topological polar surface area (TPSA) is 45.0 Å². The highest BCUT2D eigenvalue weighted by molar-refractivity contribution is 5.24. The van der Waals surface area contributed by atoms with Crippen molar-refractivity contribution in [3.63, 3.8) is 0 Å². The van der Waals surface area contributed by atoms with E-state index in [0.717, 1.165) is 13.0 Å². The highest BCUT2D eigenvalue weighted by Gasteiger charge is 2.24. The number of rotatable bonds is 6. The summed E-state index contributed by atoms with van der Waals surface area (Å²) in [7, 11) is 0. The van der Waals surface area contributed by atoms with Crippen LogP contribution in [0.3, 0.4) is 0 Å². The van der Waals surface area contributed by atoms with Crippen LogP contribution in [0.5, 0.6) is 5.75 Å². The molecule has 0 aliphatic rings. The van der Waals surface area contributed by atoms with Crippen molar-refractivity contribution in [2.75, 3.05) is 13.2 Å². The van der Waals surface area contributed by atoms with Crippen LogP contribution in [0.1, 0.15) is 20.3 Å². The van der Waals surface area contributed by atoms with E-state index in [1.165, 1.54) is 6.07 Å². The minimum Gasteiger partial charge on any atom is -0.487 e. The molecule has 0 fully saturated rings. The molecule has 1 aromatic carbocycles. The van der Waals surface area contributed by atoms with Crippen LogP contribution in [0.15, 0.2) is 24.3 Å². The van der Waals surface area contributed by atoms with Gasteiger partial charge in [-0.05, 0) is 32.0 Å². The predicted molar refractivity (Wildman–Crippen MR) is 64.2 cm³/mol. The van der Waals surface area contributed by atoms with Gasteiger partial charge in [0, 0.05) is 0 Å². The molecule has 0 radical (unpaired) electrons. The molecule has 0 aliphatic carbocycles. The predicted octanol–water partition coefficient (Wildman–Crippen LogP) is 2.49. The summed E-state index contributed by atoms with van der Waals surface area (Å²) in [6, 6.07) is 8.32. The molecule has 0 spiro atoms. The Hall–Kier alpha value is -1.60. The normalized spacial score (nSPS) is 13.8. The van der Waals surface area contributed by atoms with E-state index in [9.17, 15) is 4.39 Å². The van der Waals surface area contributed by atoms with Crippen LogP contribution in [0.25, 0.3) is 0 Å². The fourth-order valence-corrected chi connectivity index (χ4v) is 1.31. The molecule has 0 bridgehead atoms. The van der Waals surface area contributed by atoms with Crippen molar-refractivity contribution in [1.82, 2.24) is 5.32 Å². The van der Waals surface area contributed by atoms with Gasteiger partial charge in [0.1, 0.15) is 12.1 Å². The molecule has 0 aromatic heterocycles. The van der Waals surface area contributed by atoms with Crippen molar-refractivity contribution in [3.8, 4) is 11.8 Å². The van der Waals surface area contributed by atoms with Crippen LogP contribution in [0.2, 0.25) is 0 Å². The third-order valence-corrected chi connectivity index (χ3v) is 2.36. The van der Waals surface area contributed by atoms with Crippen molar-refractivity contribution >= 4 is 0 Å². The molecule has 0 saturated heterocycles. The van der Waals surface area contributed by atoms with Gasteiger partial charge in [0.2, 0.25) is 0 Å². The maximum atomic E-state index is 13.3. The quantitative estimate of drug-likeness (QED) is 0.825. The molecule has 0 aliphatic heterocycles. The Labute approximate surface area is 101 Å². The first kappa shape index (κ1) is 13.5. The van der Waals surface area contributed by atoms with Gasteiger partial charge >= 0.3 is 0 Å². The van der Waals surface area contributed by atoms with Crippen molar-refractivity contribution in [2.45, 2.75) is 25.8 Å². The van der Waals surface area contributed by atoms with Gasteiger partial charge < -0.3 is 4.74 Å². The molecule has 1 rings (SSSR count). The number of benzene rings is 1. The first-order valence-corrected chi connectivity index (χ1v) is 5.65.